The van der Waals surface area contributed by atoms with E-state index in [1.165, 1.54) is 0 Å². The van der Waals surface area contributed by atoms with Crippen molar-refractivity contribution in [1.82, 2.24) is 0 Å². The highest BCUT2D eigenvalue weighted by Crippen LogP contribution is 2.26. The van der Waals surface area contributed by atoms with Gasteiger partial charge in [0, 0.05) is 12.8 Å². The molecule has 0 unspecified atom stereocenters. The van der Waals surface area contributed by atoms with Gasteiger partial charge in [-0.2, -0.15) is 0 Å². The van der Waals surface area contributed by atoms with Gasteiger partial charge in [-0.05, 0) is 28.1 Å². The van der Waals surface area contributed by atoms with Crippen LogP contribution in [0.15, 0.2) is 22.7 Å². The first-order valence-corrected chi connectivity index (χ1v) is 5.75. The summed E-state index contributed by atoms with van der Waals surface area (Å²) in [6.07, 6.45) is 1.72. The number of ether oxygens (including phenoxy) is 2. The minimum Gasteiger partial charge on any atom is -0.487 e. The Morgan fingerprint density at radius 1 is 1.33 bits per heavy atom. The molecule has 1 saturated heterocycles. The lowest BCUT2D eigenvalue weighted by Crippen LogP contribution is -2.26. The normalized spacial score (nSPS) is 17.7. The standard InChI is InChI=1S/C11H12BrFO2/c12-9-2-1-3-10(11(9)13)15-8-4-6-14-7-5-8/h1-3,8H,4-7H2. The molecule has 0 N–H and O–H groups in total. The molecule has 15 heavy (non-hydrogen) atoms. The third kappa shape index (κ3) is 2.69. The molecule has 0 atom stereocenters. The molecule has 0 bridgehead atoms. The van der Waals surface area contributed by atoms with Crippen LogP contribution in [0.1, 0.15) is 12.8 Å². The first-order valence-electron chi connectivity index (χ1n) is 4.96. The van der Waals surface area contributed by atoms with Crippen LogP contribution in [0, 0.1) is 5.82 Å². The van der Waals surface area contributed by atoms with Crippen molar-refractivity contribution in [2.24, 2.45) is 0 Å². The van der Waals surface area contributed by atoms with Crippen molar-refractivity contribution in [3.8, 4) is 5.75 Å². The summed E-state index contributed by atoms with van der Waals surface area (Å²) in [6, 6.07) is 5.07. The lowest BCUT2D eigenvalue weighted by Gasteiger charge is -2.23. The zero-order valence-electron chi connectivity index (χ0n) is 8.21. The Hall–Kier alpha value is -0.610. The average Bonchev–Trinajstić information content (AvgIpc) is 2.26. The van der Waals surface area contributed by atoms with Crippen molar-refractivity contribution >= 4 is 15.9 Å². The van der Waals surface area contributed by atoms with Crippen LogP contribution in [0.2, 0.25) is 0 Å². The van der Waals surface area contributed by atoms with E-state index in [4.69, 9.17) is 9.47 Å². The minimum absolute atomic E-state index is 0.0718. The van der Waals surface area contributed by atoms with Crippen LogP contribution in [0.25, 0.3) is 0 Å². The van der Waals surface area contributed by atoms with Gasteiger partial charge in [-0.3, -0.25) is 0 Å². The number of rotatable bonds is 2. The van der Waals surface area contributed by atoms with Crippen LogP contribution in [0.5, 0.6) is 5.75 Å². The van der Waals surface area contributed by atoms with Gasteiger partial charge in [-0.15, -0.1) is 0 Å². The average molecular weight is 275 g/mol. The minimum atomic E-state index is -0.330. The number of benzene rings is 1. The second kappa shape index (κ2) is 4.94. The summed E-state index contributed by atoms with van der Waals surface area (Å²) in [7, 11) is 0. The van der Waals surface area contributed by atoms with Gasteiger partial charge in [0.15, 0.2) is 11.6 Å². The molecular formula is C11H12BrFO2. The molecule has 2 nitrogen and oxygen atoms in total. The van der Waals surface area contributed by atoms with Gasteiger partial charge in [0.1, 0.15) is 6.10 Å². The fraction of sp³-hybridized carbons (Fsp3) is 0.455. The van der Waals surface area contributed by atoms with Gasteiger partial charge >= 0.3 is 0 Å². The molecule has 1 aliphatic heterocycles. The third-order valence-corrected chi connectivity index (χ3v) is 2.99. The predicted octanol–water partition coefficient (Wildman–Crippen LogP) is 3.15. The van der Waals surface area contributed by atoms with E-state index in [1.807, 2.05) is 0 Å². The van der Waals surface area contributed by atoms with Crippen molar-refractivity contribution in [2.75, 3.05) is 13.2 Å². The van der Waals surface area contributed by atoms with Crippen molar-refractivity contribution in [1.29, 1.82) is 0 Å². The Balaban J connectivity index is 2.06. The first kappa shape index (κ1) is 10.9. The van der Waals surface area contributed by atoms with Crippen LogP contribution in [0.3, 0.4) is 0 Å². The summed E-state index contributed by atoms with van der Waals surface area (Å²) in [5.74, 6) is -0.0136. The Kier molecular flexibility index (Phi) is 3.59. The number of hydrogen-bond acceptors (Lipinski definition) is 2. The van der Waals surface area contributed by atoms with E-state index in [1.54, 1.807) is 18.2 Å². The van der Waals surface area contributed by atoms with E-state index in [9.17, 15) is 4.39 Å². The van der Waals surface area contributed by atoms with Crippen LogP contribution < -0.4 is 4.74 Å². The maximum absolute atomic E-state index is 13.6. The highest BCUT2D eigenvalue weighted by Gasteiger charge is 2.17. The maximum Gasteiger partial charge on any atom is 0.179 e. The van der Waals surface area contributed by atoms with Gasteiger partial charge in [0.05, 0.1) is 17.7 Å². The molecule has 1 heterocycles. The largest absolute Gasteiger partial charge is 0.487 e. The SMILES string of the molecule is Fc1c(Br)cccc1OC1CCOCC1. The van der Waals surface area contributed by atoms with Crippen LogP contribution in [-0.2, 0) is 4.74 Å². The van der Waals surface area contributed by atoms with Gasteiger partial charge in [0.25, 0.3) is 0 Å². The molecule has 4 heteroatoms. The summed E-state index contributed by atoms with van der Waals surface area (Å²) in [5.41, 5.74) is 0. The molecule has 0 aromatic heterocycles. The van der Waals surface area contributed by atoms with E-state index in [0.29, 0.717) is 23.4 Å². The summed E-state index contributed by atoms with van der Waals surface area (Å²) < 4.78 is 24.8. The molecule has 1 aromatic carbocycles. The van der Waals surface area contributed by atoms with E-state index < -0.39 is 0 Å². The Morgan fingerprint density at radius 3 is 2.80 bits per heavy atom. The molecular weight excluding hydrogens is 263 g/mol. The zero-order valence-corrected chi connectivity index (χ0v) is 9.80. The zero-order chi connectivity index (χ0) is 10.7. The molecule has 1 aromatic rings. The molecule has 0 radical (unpaired) electrons. The number of halogens is 2. The summed E-state index contributed by atoms with van der Waals surface area (Å²) in [6.45, 7) is 1.39. The summed E-state index contributed by atoms with van der Waals surface area (Å²) >= 11 is 3.13. The molecule has 82 valence electrons. The van der Waals surface area contributed by atoms with Crippen molar-refractivity contribution in [3.05, 3.63) is 28.5 Å². The smallest absolute Gasteiger partial charge is 0.179 e. The van der Waals surface area contributed by atoms with Crippen LogP contribution in [-0.4, -0.2) is 19.3 Å². The van der Waals surface area contributed by atoms with Crippen LogP contribution >= 0.6 is 15.9 Å². The van der Waals surface area contributed by atoms with E-state index in [0.717, 1.165) is 12.8 Å². The van der Waals surface area contributed by atoms with Gasteiger partial charge in [-0.25, -0.2) is 4.39 Å². The fourth-order valence-electron chi connectivity index (χ4n) is 1.55. The monoisotopic (exact) mass is 274 g/mol. The number of hydrogen-bond donors (Lipinski definition) is 0. The Bertz CT molecular complexity index is 337. The van der Waals surface area contributed by atoms with Gasteiger partial charge < -0.3 is 9.47 Å². The second-order valence-electron chi connectivity index (χ2n) is 3.48. The fourth-order valence-corrected chi connectivity index (χ4v) is 1.90. The van der Waals surface area contributed by atoms with Gasteiger partial charge in [0.2, 0.25) is 0 Å². The summed E-state index contributed by atoms with van der Waals surface area (Å²) in [4.78, 5) is 0. The summed E-state index contributed by atoms with van der Waals surface area (Å²) in [5, 5.41) is 0. The lowest BCUT2D eigenvalue weighted by atomic mass is 10.1. The van der Waals surface area contributed by atoms with Crippen molar-refractivity contribution in [3.63, 3.8) is 0 Å². The first-order chi connectivity index (χ1) is 7.27. The lowest BCUT2D eigenvalue weighted by molar-refractivity contribution is 0.0240. The van der Waals surface area contributed by atoms with Crippen molar-refractivity contribution < 1.29 is 13.9 Å². The second-order valence-corrected chi connectivity index (χ2v) is 4.34. The highest BCUT2D eigenvalue weighted by atomic mass is 79.9. The molecule has 0 saturated carbocycles. The maximum atomic E-state index is 13.6. The predicted molar refractivity (Wildman–Crippen MR) is 58.6 cm³/mol. The van der Waals surface area contributed by atoms with Crippen LogP contribution in [0.4, 0.5) is 4.39 Å². The Labute approximate surface area is 96.5 Å². The topological polar surface area (TPSA) is 18.5 Å². The Morgan fingerprint density at radius 2 is 2.07 bits per heavy atom. The van der Waals surface area contributed by atoms with E-state index in [2.05, 4.69) is 15.9 Å². The van der Waals surface area contributed by atoms with E-state index in [-0.39, 0.29) is 11.9 Å². The molecule has 2 rings (SSSR count). The molecule has 0 aliphatic carbocycles. The van der Waals surface area contributed by atoms with E-state index >= 15 is 0 Å². The third-order valence-electron chi connectivity index (χ3n) is 2.38. The molecule has 1 aliphatic rings. The molecule has 1 fully saturated rings. The molecule has 0 amide bonds. The van der Waals surface area contributed by atoms with Crippen molar-refractivity contribution in [2.45, 2.75) is 18.9 Å². The highest BCUT2D eigenvalue weighted by molar-refractivity contribution is 9.10. The molecule has 0 spiro atoms. The quantitative estimate of drug-likeness (QED) is 0.825. The van der Waals surface area contributed by atoms with Gasteiger partial charge in [-0.1, -0.05) is 6.07 Å².